The van der Waals surface area contributed by atoms with Crippen molar-refractivity contribution in [3.63, 3.8) is 0 Å². The highest BCUT2D eigenvalue weighted by atomic mass is 35.5. The van der Waals surface area contributed by atoms with Gasteiger partial charge in [-0.25, -0.2) is 12.8 Å². The fourth-order valence-corrected chi connectivity index (χ4v) is 3.76. The average Bonchev–Trinajstić information content (AvgIpc) is 2.65. The summed E-state index contributed by atoms with van der Waals surface area (Å²) in [6.07, 6.45) is 0. The van der Waals surface area contributed by atoms with E-state index in [0.717, 1.165) is 5.56 Å². The lowest BCUT2D eigenvalue weighted by molar-refractivity contribution is 0.102. The molecule has 0 spiro atoms. The summed E-state index contributed by atoms with van der Waals surface area (Å²) in [4.78, 5) is 12.1. The predicted octanol–water partition coefficient (Wildman–Crippen LogP) is 4.84. The van der Waals surface area contributed by atoms with Crippen LogP contribution >= 0.6 is 11.6 Å². The summed E-state index contributed by atoms with van der Waals surface area (Å²) in [5.41, 5.74) is 1.34. The van der Waals surface area contributed by atoms with E-state index in [9.17, 15) is 17.6 Å². The average molecular weight is 419 g/mol. The van der Waals surface area contributed by atoms with E-state index in [1.165, 1.54) is 48.5 Å². The van der Waals surface area contributed by atoms with Gasteiger partial charge < -0.3 is 5.32 Å². The third-order valence-electron chi connectivity index (χ3n) is 3.98. The predicted molar refractivity (Wildman–Crippen MR) is 108 cm³/mol. The van der Waals surface area contributed by atoms with Crippen molar-refractivity contribution in [3.05, 3.63) is 88.7 Å². The molecule has 3 aromatic rings. The third kappa shape index (κ3) is 4.49. The molecule has 0 bridgehead atoms. The van der Waals surface area contributed by atoms with Crippen LogP contribution in [0, 0.1) is 12.7 Å². The quantitative estimate of drug-likeness (QED) is 0.622. The number of aryl methyl sites for hydroxylation is 1. The van der Waals surface area contributed by atoms with Crippen molar-refractivity contribution in [2.75, 3.05) is 10.0 Å². The van der Waals surface area contributed by atoms with Crippen LogP contribution in [0.5, 0.6) is 0 Å². The summed E-state index contributed by atoms with van der Waals surface area (Å²) in [6.45, 7) is 1.76. The summed E-state index contributed by atoms with van der Waals surface area (Å²) in [5, 5.41) is 2.94. The summed E-state index contributed by atoms with van der Waals surface area (Å²) in [5.74, 6) is -1.26. The summed E-state index contributed by atoms with van der Waals surface area (Å²) < 4.78 is 41.3. The van der Waals surface area contributed by atoms with E-state index in [-0.39, 0.29) is 10.5 Å². The van der Waals surface area contributed by atoms with Crippen molar-refractivity contribution in [1.82, 2.24) is 0 Å². The third-order valence-corrected chi connectivity index (χ3v) is 5.60. The molecule has 0 aliphatic heterocycles. The molecule has 0 heterocycles. The molecule has 0 aromatic heterocycles. The van der Waals surface area contributed by atoms with Gasteiger partial charge in [0, 0.05) is 10.7 Å². The molecule has 8 heteroatoms. The summed E-state index contributed by atoms with van der Waals surface area (Å²) in [6, 6.07) is 16.0. The van der Waals surface area contributed by atoms with Gasteiger partial charge in [0.25, 0.3) is 15.9 Å². The zero-order valence-electron chi connectivity index (χ0n) is 14.7. The first-order valence-electron chi connectivity index (χ1n) is 8.21. The van der Waals surface area contributed by atoms with Crippen LogP contribution in [0.1, 0.15) is 15.9 Å². The van der Waals surface area contributed by atoms with Crippen LogP contribution < -0.4 is 10.0 Å². The first kappa shape index (κ1) is 19.9. The topological polar surface area (TPSA) is 75.3 Å². The van der Waals surface area contributed by atoms with E-state index >= 15 is 0 Å². The largest absolute Gasteiger partial charge is 0.322 e. The Hall–Kier alpha value is -2.90. The van der Waals surface area contributed by atoms with Gasteiger partial charge in [0.1, 0.15) is 5.82 Å². The Morgan fingerprint density at radius 2 is 1.68 bits per heavy atom. The van der Waals surface area contributed by atoms with Crippen molar-refractivity contribution in [3.8, 4) is 0 Å². The molecule has 0 aliphatic rings. The van der Waals surface area contributed by atoms with Crippen molar-refractivity contribution in [1.29, 1.82) is 0 Å². The molecular weight excluding hydrogens is 403 g/mol. The second-order valence-corrected chi connectivity index (χ2v) is 8.14. The molecule has 0 saturated carbocycles. The van der Waals surface area contributed by atoms with E-state index in [1.54, 1.807) is 25.1 Å². The van der Waals surface area contributed by atoms with Gasteiger partial charge in [-0.1, -0.05) is 29.8 Å². The maximum atomic E-state index is 13.7. The van der Waals surface area contributed by atoms with Gasteiger partial charge >= 0.3 is 0 Å². The van der Waals surface area contributed by atoms with Gasteiger partial charge in [-0.2, -0.15) is 0 Å². The number of sulfonamides is 1. The maximum Gasteiger partial charge on any atom is 0.261 e. The second-order valence-electron chi connectivity index (χ2n) is 6.02. The highest BCUT2D eigenvalue weighted by molar-refractivity contribution is 7.92. The van der Waals surface area contributed by atoms with Gasteiger partial charge in [0.2, 0.25) is 0 Å². The zero-order valence-corrected chi connectivity index (χ0v) is 16.3. The number of halogens is 2. The number of anilines is 2. The van der Waals surface area contributed by atoms with Gasteiger partial charge in [0.15, 0.2) is 0 Å². The molecule has 3 rings (SSSR count). The first-order chi connectivity index (χ1) is 13.3. The van der Waals surface area contributed by atoms with E-state index in [0.29, 0.717) is 16.4 Å². The number of rotatable bonds is 5. The molecule has 2 N–H and O–H groups in total. The van der Waals surface area contributed by atoms with Crippen LogP contribution in [0.2, 0.25) is 5.02 Å². The molecule has 3 aromatic carbocycles. The zero-order chi connectivity index (χ0) is 20.3. The number of nitrogens with one attached hydrogen (secondary N) is 2. The Morgan fingerprint density at radius 3 is 2.36 bits per heavy atom. The lowest BCUT2D eigenvalue weighted by Crippen LogP contribution is -2.15. The lowest BCUT2D eigenvalue weighted by atomic mass is 10.2. The Kier molecular flexibility index (Phi) is 5.67. The van der Waals surface area contributed by atoms with Crippen LogP contribution in [-0.2, 0) is 10.0 Å². The Morgan fingerprint density at radius 1 is 1.00 bits per heavy atom. The smallest absolute Gasteiger partial charge is 0.261 e. The highest BCUT2D eigenvalue weighted by Gasteiger charge is 2.16. The molecule has 0 atom stereocenters. The van der Waals surface area contributed by atoms with Crippen LogP contribution in [0.15, 0.2) is 71.6 Å². The van der Waals surface area contributed by atoms with Crippen molar-refractivity contribution in [2.24, 2.45) is 0 Å². The SMILES string of the molecule is Cc1ccc(Cl)cc1NS(=O)(=O)c1ccc(NC(=O)c2ccccc2F)cc1. The molecule has 0 unspecified atom stereocenters. The highest BCUT2D eigenvalue weighted by Crippen LogP contribution is 2.24. The maximum absolute atomic E-state index is 13.7. The molecule has 144 valence electrons. The fraction of sp³-hybridized carbons (Fsp3) is 0.0500. The van der Waals surface area contributed by atoms with Crippen molar-refractivity contribution >= 4 is 38.9 Å². The normalized spacial score (nSPS) is 11.1. The van der Waals surface area contributed by atoms with Gasteiger partial charge in [0.05, 0.1) is 16.1 Å². The Balaban J connectivity index is 1.77. The minimum atomic E-state index is -3.84. The molecule has 1 amide bonds. The van der Waals surface area contributed by atoms with Crippen LogP contribution in [-0.4, -0.2) is 14.3 Å². The van der Waals surface area contributed by atoms with E-state index in [1.807, 2.05) is 0 Å². The standard InChI is InChI=1S/C20H16ClFN2O3S/c1-13-6-7-14(21)12-19(13)24-28(26,27)16-10-8-15(9-11-16)23-20(25)17-4-2-3-5-18(17)22/h2-12,24H,1H3,(H,23,25). The van der Waals surface area contributed by atoms with Gasteiger partial charge in [-0.05, 0) is 61.0 Å². The Bertz CT molecular complexity index is 1130. The molecule has 5 nitrogen and oxygen atoms in total. The number of carbonyl (C=O) groups is 1. The number of amides is 1. The van der Waals surface area contributed by atoms with Gasteiger partial charge in [-0.3, -0.25) is 9.52 Å². The molecule has 0 fully saturated rings. The minimum Gasteiger partial charge on any atom is -0.322 e. The first-order valence-corrected chi connectivity index (χ1v) is 10.1. The second kappa shape index (κ2) is 8.00. The van der Waals surface area contributed by atoms with E-state index < -0.39 is 21.7 Å². The van der Waals surface area contributed by atoms with Crippen LogP contribution in [0.4, 0.5) is 15.8 Å². The monoisotopic (exact) mass is 418 g/mol. The van der Waals surface area contributed by atoms with E-state index in [2.05, 4.69) is 10.0 Å². The van der Waals surface area contributed by atoms with E-state index in [4.69, 9.17) is 11.6 Å². The fourth-order valence-electron chi connectivity index (χ4n) is 2.47. The van der Waals surface area contributed by atoms with Crippen molar-refractivity contribution < 1.29 is 17.6 Å². The molecule has 0 radical (unpaired) electrons. The van der Waals surface area contributed by atoms with Crippen LogP contribution in [0.25, 0.3) is 0 Å². The number of benzene rings is 3. The summed E-state index contributed by atoms with van der Waals surface area (Å²) in [7, 11) is -3.84. The molecular formula is C20H16ClFN2O3S. The molecule has 0 aliphatic carbocycles. The van der Waals surface area contributed by atoms with Gasteiger partial charge in [-0.15, -0.1) is 0 Å². The molecule has 28 heavy (non-hydrogen) atoms. The Labute approximate surface area is 167 Å². The lowest BCUT2D eigenvalue weighted by Gasteiger charge is -2.12. The number of carbonyl (C=O) groups excluding carboxylic acids is 1. The van der Waals surface area contributed by atoms with Crippen molar-refractivity contribution in [2.45, 2.75) is 11.8 Å². The number of hydrogen-bond acceptors (Lipinski definition) is 3. The molecule has 0 saturated heterocycles. The van der Waals surface area contributed by atoms with Crippen LogP contribution in [0.3, 0.4) is 0 Å². The number of hydrogen-bond donors (Lipinski definition) is 2. The summed E-state index contributed by atoms with van der Waals surface area (Å²) >= 11 is 5.92. The minimum absolute atomic E-state index is 0.00997.